The molecule has 0 bridgehead atoms. The third kappa shape index (κ3) is 4.65. The first kappa shape index (κ1) is 14.3. The number of ether oxygens (including phenoxy) is 2. The molecule has 0 radical (unpaired) electrons. The van der Waals surface area contributed by atoms with E-state index in [9.17, 15) is 18.0 Å². The highest BCUT2D eigenvalue weighted by atomic mass is 19.4. The van der Waals surface area contributed by atoms with Gasteiger partial charge in [-0.15, -0.1) is 0 Å². The molecule has 0 spiro atoms. The van der Waals surface area contributed by atoms with Crippen molar-refractivity contribution in [2.45, 2.75) is 19.0 Å². The fourth-order valence-electron chi connectivity index (χ4n) is 1.33. The zero-order valence-electron chi connectivity index (χ0n) is 9.79. The number of hydrogen-bond acceptors (Lipinski definition) is 3. The fraction of sp³-hybridized carbons (Fsp3) is 0.417. The quantitative estimate of drug-likeness (QED) is 0.583. The van der Waals surface area contributed by atoms with Crippen LogP contribution >= 0.6 is 0 Å². The van der Waals surface area contributed by atoms with Crippen LogP contribution in [0.4, 0.5) is 13.2 Å². The van der Waals surface area contributed by atoms with Crippen molar-refractivity contribution in [1.82, 2.24) is 0 Å². The van der Waals surface area contributed by atoms with Crippen molar-refractivity contribution >= 4 is 6.29 Å². The lowest BCUT2D eigenvalue weighted by atomic mass is 10.2. The molecule has 0 N–H and O–H groups in total. The molecule has 0 aliphatic carbocycles. The van der Waals surface area contributed by atoms with Crippen molar-refractivity contribution in [3.05, 3.63) is 23.8 Å². The molecule has 1 rings (SSSR count). The first-order valence-corrected chi connectivity index (χ1v) is 5.29. The van der Waals surface area contributed by atoms with Crippen LogP contribution in [0, 0.1) is 0 Å². The summed E-state index contributed by atoms with van der Waals surface area (Å²) in [7, 11) is 1.42. The summed E-state index contributed by atoms with van der Waals surface area (Å²) in [6, 6.07) is 4.50. The minimum atomic E-state index is -4.18. The second kappa shape index (κ2) is 6.28. The molecule has 0 fully saturated rings. The van der Waals surface area contributed by atoms with Gasteiger partial charge >= 0.3 is 6.18 Å². The van der Waals surface area contributed by atoms with Crippen molar-refractivity contribution in [1.29, 1.82) is 0 Å². The average molecular weight is 262 g/mol. The summed E-state index contributed by atoms with van der Waals surface area (Å²) >= 11 is 0. The van der Waals surface area contributed by atoms with Crippen molar-refractivity contribution in [3.8, 4) is 11.5 Å². The van der Waals surface area contributed by atoms with Crippen LogP contribution in [-0.2, 0) is 0 Å². The van der Waals surface area contributed by atoms with Crippen LogP contribution in [0.2, 0.25) is 0 Å². The minimum Gasteiger partial charge on any atom is -0.493 e. The van der Waals surface area contributed by atoms with Gasteiger partial charge < -0.3 is 9.47 Å². The number of benzene rings is 1. The predicted octanol–water partition coefficient (Wildman–Crippen LogP) is 3.23. The van der Waals surface area contributed by atoms with Crippen LogP contribution < -0.4 is 9.47 Å². The Labute approximate surface area is 103 Å². The second-order valence-corrected chi connectivity index (χ2v) is 3.60. The molecule has 0 amide bonds. The number of alkyl halides is 3. The molecule has 0 aliphatic heterocycles. The van der Waals surface area contributed by atoms with E-state index in [1.165, 1.54) is 25.3 Å². The van der Waals surface area contributed by atoms with Gasteiger partial charge in [0, 0.05) is 12.0 Å². The van der Waals surface area contributed by atoms with Gasteiger partial charge in [0.15, 0.2) is 11.5 Å². The van der Waals surface area contributed by atoms with Gasteiger partial charge in [-0.1, -0.05) is 0 Å². The van der Waals surface area contributed by atoms with Gasteiger partial charge in [-0.25, -0.2) is 0 Å². The van der Waals surface area contributed by atoms with Crippen LogP contribution in [0.15, 0.2) is 18.2 Å². The topological polar surface area (TPSA) is 35.5 Å². The normalized spacial score (nSPS) is 11.1. The highest BCUT2D eigenvalue weighted by molar-refractivity contribution is 5.76. The van der Waals surface area contributed by atoms with Gasteiger partial charge in [-0.05, 0) is 24.6 Å². The largest absolute Gasteiger partial charge is 0.493 e. The van der Waals surface area contributed by atoms with Gasteiger partial charge in [0.05, 0.1) is 13.7 Å². The Morgan fingerprint density at radius 2 is 2.00 bits per heavy atom. The van der Waals surface area contributed by atoms with E-state index in [1.54, 1.807) is 0 Å². The number of aldehydes is 1. The summed E-state index contributed by atoms with van der Waals surface area (Å²) in [6.07, 6.45) is -4.60. The maximum absolute atomic E-state index is 11.9. The first-order chi connectivity index (χ1) is 8.46. The molecule has 3 nitrogen and oxygen atoms in total. The molecule has 0 aliphatic rings. The molecule has 1 aromatic rings. The zero-order chi connectivity index (χ0) is 13.6. The monoisotopic (exact) mass is 262 g/mol. The lowest BCUT2D eigenvalue weighted by molar-refractivity contribution is -0.136. The summed E-state index contributed by atoms with van der Waals surface area (Å²) in [5.41, 5.74) is 0.377. The highest BCUT2D eigenvalue weighted by Crippen LogP contribution is 2.28. The molecular weight excluding hydrogens is 249 g/mol. The number of halogens is 3. The van der Waals surface area contributed by atoms with Crippen LogP contribution in [0.5, 0.6) is 11.5 Å². The van der Waals surface area contributed by atoms with Crippen LogP contribution in [0.25, 0.3) is 0 Å². The summed E-state index contributed by atoms with van der Waals surface area (Å²) in [4.78, 5) is 10.6. The smallest absolute Gasteiger partial charge is 0.389 e. The van der Waals surface area contributed by atoms with Crippen molar-refractivity contribution in [2.75, 3.05) is 13.7 Å². The third-order valence-corrected chi connectivity index (χ3v) is 2.19. The molecule has 18 heavy (non-hydrogen) atoms. The average Bonchev–Trinajstić information content (AvgIpc) is 2.33. The van der Waals surface area contributed by atoms with E-state index in [1.807, 2.05) is 0 Å². The standard InChI is InChI=1S/C12H13F3O3/c1-17-10-4-3-9(8-16)7-11(10)18-6-2-5-12(13,14)15/h3-4,7-8H,2,5-6H2,1H3. The lowest BCUT2D eigenvalue weighted by Crippen LogP contribution is -2.10. The first-order valence-electron chi connectivity index (χ1n) is 5.29. The van der Waals surface area contributed by atoms with Crippen molar-refractivity contribution in [2.24, 2.45) is 0 Å². The Kier molecular flexibility index (Phi) is 5.00. The van der Waals surface area contributed by atoms with Crippen LogP contribution in [-0.4, -0.2) is 26.2 Å². The Balaban J connectivity index is 2.57. The molecule has 1 aromatic carbocycles. The minimum absolute atomic E-state index is 0.0851. The van der Waals surface area contributed by atoms with Crippen LogP contribution in [0.1, 0.15) is 23.2 Å². The third-order valence-electron chi connectivity index (χ3n) is 2.19. The number of carbonyl (C=O) groups excluding carboxylic acids is 1. The van der Waals surface area contributed by atoms with Gasteiger partial charge in [-0.3, -0.25) is 4.79 Å². The second-order valence-electron chi connectivity index (χ2n) is 3.60. The number of rotatable bonds is 6. The van der Waals surface area contributed by atoms with Gasteiger partial charge in [0.2, 0.25) is 0 Å². The summed E-state index contributed by atoms with van der Waals surface area (Å²) in [6.45, 7) is -0.0851. The Hall–Kier alpha value is -1.72. The molecule has 0 saturated carbocycles. The van der Waals surface area contributed by atoms with E-state index < -0.39 is 12.6 Å². The summed E-state index contributed by atoms with van der Waals surface area (Å²) < 4.78 is 45.9. The molecule has 0 aromatic heterocycles. The van der Waals surface area contributed by atoms with Gasteiger partial charge in [0.1, 0.15) is 6.29 Å². The van der Waals surface area contributed by atoms with E-state index in [-0.39, 0.29) is 18.8 Å². The van der Waals surface area contributed by atoms with E-state index in [0.717, 1.165) is 0 Å². The molecule has 0 heterocycles. The van der Waals surface area contributed by atoms with E-state index in [4.69, 9.17) is 9.47 Å². The molecule has 0 saturated heterocycles. The maximum Gasteiger partial charge on any atom is 0.389 e. The molecule has 0 atom stereocenters. The number of methoxy groups -OCH3 is 1. The molecular formula is C12H13F3O3. The van der Waals surface area contributed by atoms with E-state index >= 15 is 0 Å². The molecule has 100 valence electrons. The molecule has 6 heteroatoms. The zero-order valence-corrected chi connectivity index (χ0v) is 9.79. The predicted molar refractivity (Wildman–Crippen MR) is 59.2 cm³/mol. The van der Waals surface area contributed by atoms with Gasteiger partial charge in [-0.2, -0.15) is 13.2 Å². The SMILES string of the molecule is COc1ccc(C=O)cc1OCCCC(F)(F)F. The highest BCUT2D eigenvalue weighted by Gasteiger charge is 2.26. The lowest BCUT2D eigenvalue weighted by Gasteiger charge is -2.11. The number of carbonyl (C=O) groups is 1. The summed E-state index contributed by atoms with van der Waals surface area (Å²) in [5, 5.41) is 0. The Morgan fingerprint density at radius 1 is 1.28 bits per heavy atom. The van der Waals surface area contributed by atoms with Crippen molar-refractivity contribution in [3.63, 3.8) is 0 Å². The Bertz CT molecular complexity index is 402. The van der Waals surface area contributed by atoms with E-state index in [0.29, 0.717) is 17.6 Å². The number of hydrogen-bond donors (Lipinski definition) is 0. The van der Waals surface area contributed by atoms with Gasteiger partial charge in [0.25, 0.3) is 0 Å². The van der Waals surface area contributed by atoms with Crippen molar-refractivity contribution < 1.29 is 27.4 Å². The fourth-order valence-corrected chi connectivity index (χ4v) is 1.33. The van der Waals surface area contributed by atoms with E-state index in [2.05, 4.69) is 0 Å². The van der Waals surface area contributed by atoms with Crippen LogP contribution in [0.3, 0.4) is 0 Å². The Morgan fingerprint density at radius 3 is 2.56 bits per heavy atom. The summed E-state index contributed by atoms with van der Waals surface area (Å²) in [5.74, 6) is 0.650. The maximum atomic E-state index is 11.9. The molecule has 0 unspecified atom stereocenters.